The average Bonchev–Trinajstić information content (AvgIpc) is 3.14. The van der Waals surface area contributed by atoms with E-state index in [1.165, 1.54) is 0 Å². The smallest absolute Gasteiger partial charge is 0.283 e. The van der Waals surface area contributed by atoms with E-state index in [4.69, 9.17) is 36.5 Å². The number of ether oxygens (including phenoxy) is 3. The molecule has 0 bridgehead atoms. The minimum absolute atomic E-state index is 0.0638. The first kappa shape index (κ1) is 21.5. The lowest BCUT2D eigenvalue weighted by Crippen LogP contribution is -2.52. The van der Waals surface area contributed by atoms with Crippen molar-refractivity contribution in [2.45, 2.75) is 57.8 Å². The van der Waals surface area contributed by atoms with Crippen LogP contribution in [0.2, 0.25) is 5.02 Å². The van der Waals surface area contributed by atoms with Crippen molar-refractivity contribution in [2.75, 3.05) is 13.2 Å². The molecule has 1 aliphatic carbocycles. The van der Waals surface area contributed by atoms with Gasteiger partial charge in [-0.2, -0.15) is 0 Å². The Morgan fingerprint density at radius 3 is 2.75 bits per heavy atom. The number of nitrogens with zero attached hydrogens (tertiary/aromatic N) is 2. The van der Waals surface area contributed by atoms with Crippen molar-refractivity contribution in [1.82, 2.24) is 4.98 Å². The highest BCUT2D eigenvalue weighted by Crippen LogP contribution is 2.53. The molecule has 0 radical (unpaired) electrons. The molecule has 1 aromatic carbocycles. The third kappa shape index (κ3) is 3.95. The molecule has 170 valence electrons. The number of hydrogen-bond donors (Lipinski definition) is 1. The molecule has 2 N–H and O–H groups in total. The number of benzene rings is 1. The highest BCUT2D eigenvalue weighted by molar-refractivity contribution is 6.30. The topological polar surface area (TPSA) is 79.0 Å². The zero-order valence-corrected chi connectivity index (χ0v) is 19.6. The molecule has 2 aliphatic heterocycles. The average molecular weight is 456 g/mol. The fourth-order valence-corrected chi connectivity index (χ4v) is 5.30. The van der Waals surface area contributed by atoms with E-state index in [1.54, 1.807) is 6.20 Å². The maximum absolute atomic E-state index is 6.50. The summed E-state index contributed by atoms with van der Waals surface area (Å²) < 4.78 is 18.6. The molecule has 1 spiro atoms. The van der Waals surface area contributed by atoms with Gasteiger partial charge in [0.15, 0.2) is 0 Å². The lowest BCUT2D eigenvalue weighted by molar-refractivity contribution is -0.0757. The van der Waals surface area contributed by atoms with E-state index in [1.807, 2.05) is 24.4 Å². The van der Waals surface area contributed by atoms with Gasteiger partial charge in [0.2, 0.25) is 0 Å². The van der Waals surface area contributed by atoms with Crippen LogP contribution >= 0.6 is 11.6 Å². The Morgan fingerprint density at radius 1 is 1.19 bits per heavy atom. The summed E-state index contributed by atoms with van der Waals surface area (Å²) in [7, 11) is 0. The molecule has 6 nitrogen and oxygen atoms in total. The van der Waals surface area contributed by atoms with Gasteiger partial charge in [0.1, 0.15) is 24.0 Å². The second kappa shape index (κ2) is 7.92. The van der Waals surface area contributed by atoms with Crippen LogP contribution in [-0.4, -0.2) is 36.4 Å². The Kier molecular flexibility index (Phi) is 5.33. The molecular formula is C25H30ClN3O3. The van der Waals surface area contributed by atoms with Crippen molar-refractivity contribution < 1.29 is 14.2 Å². The zero-order chi connectivity index (χ0) is 22.5. The molecule has 0 amide bonds. The lowest BCUT2D eigenvalue weighted by Gasteiger charge is -2.48. The SMILES string of the molecule is CC(C)(C)COC1CCC2Oc3ccc(-c4cncc(Cl)c4)cc3[C@]3(COC(N)=N3)[C@H]2C1. The quantitative estimate of drug-likeness (QED) is 0.709. The van der Waals surface area contributed by atoms with Gasteiger partial charge in [0, 0.05) is 29.4 Å². The summed E-state index contributed by atoms with van der Waals surface area (Å²) >= 11 is 6.19. The number of hydrogen-bond acceptors (Lipinski definition) is 6. The minimum Gasteiger partial charge on any atom is -0.490 e. The largest absolute Gasteiger partial charge is 0.490 e. The predicted octanol–water partition coefficient (Wildman–Crippen LogP) is 4.93. The molecule has 32 heavy (non-hydrogen) atoms. The fraction of sp³-hybridized carbons (Fsp3) is 0.520. The van der Waals surface area contributed by atoms with Gasteiger partial charge < -0.3 is 19.9 Å². The van der Waals surface area contributed by atoms with E-state index in [0.717, 1.165) is 48.3 Å². The van der Waals surface area contributed by atoms with Crippen molar-refractivity contribution in [3.63, 3.8) is 0 Å². The van der Waals surface area contributed by atoms with Gasteiger partial charge in [-0.3, -0.25) is 4.98 Å². The summed E-state index contributed by atoms with van der Waals surface area (Å²) in [5, 5.41) is 0.601. The summed E-state index contributed by atoms with van der Waals surface area (Å²) in [5.41, 5.74) is 8.59. The second-order valence-electron chi connectivity index (χ2n) is 10.3. The first-order valence-corrected chi connectivity index (χ1v) is 11.6. The first-order chi connectivity index (χ1) is 15.2. The predicted molar refractivity (Wildman–Crippen MR) is 125 cm³/mol. The Balaban J connectivity index is 1.52. The van der Waals surface area contributed by atoms with Gasteiger partial charge >= 0.3 is 0 Å². The van der Waals surface area contributed by atoms with Crippen LogP contribution in [0.3, 0.4) is 0 Å². The van der Waals surface area contributed by atoms with Crippen LogP contribution < -0.4 is 10.5 Å². The van der Waals surface area contributed by atoms with Crippen LogP contribution in [0.25, 0.3) is 11.1 Å². The summed E-state index contributed by atoms with van der Waals surface area (Å²) in [5.74, 6) is 0.976. The standard InChI is InChI=1S/C25H30ClN3O3/c1-24(2,3)13-30-18-5-7-22-20(10-18)25(14-31-23(27)29-25)19-9-15(4-6-21(19)32-22)16-8-17(26)12-28-11-16/h4,6,8-9,11-12,18,20,22H,5,7,10,13-14H2,1-3H3,(H2,27,29)/t18?,20-,22?,25+/m0/s1. The molecule has 1 fully saturated rings. The molecule has 5 rings (SSSR count). The molecule has 1 aromatic heterocycles. The number of halogens is 1. The molecule has 2 aromatic rings. The highest BCUT2D eigenvalue weighted by Gasteiger charge is 2.55. The van der Waals surface area contributed by atoms with E-state index in [9.17, 15) is 0 Å². The lowest BCUT2D eigenvalue weighted by atomic mass is 9.67. The Hall–Kier alpha value is -2.31. The second-order valence-corrected chi connectivity index (χ2v) is 10.8. The summed E-state index contributed by atoms with van der Waals surface area (Å²) in [6, 6.07) is 8.35. The van der Waals surface area contributed by atoms with E-state index >= 15 is 0 Å². The maximum atomic E-state index is 6.50. The number of pyridine rings is 1. The summed E-state index contributed by atoms with van der Waals surface area (Å²) in [6.07, 6.45) is 6.46. The number of nitrogens with two attached hydrogens (primary N) is 1. The molecule has 7 heteroatoms. The zero-order valence-electron chi connectivity index (χ0n) is 18.8. The van der Waals surface area contributed by atoms with Crippen LogP contribution in [0.5, 0.6) is 5.75 Å². The number of amidine groups is 1. The van der Waals surface area contributed by atoms with Crippen molar-refractivity contribution in [3.05, 3.63) is 47.2 Å². The van der Waals surface area contributed by atoms with Crippen LogP contribution in [0.15, 0.2) is 41.7 Å². The summed E-state index contributed by atoms with van der Waals surface area (Å²) in [6.45, 7) is 7.74. The van der Waals surface area contributed by atoms with Crippen LogP contribution in [-0.2, 0) is 15.0 Å². The van der Waals surface area contributed by atoms with E-state index in [-0.39, 0.29) is 29.6 Å². The van der Waals surface area contributed by atoms with Crippen LogP contribution in [0.1, 0.15) is 45.6 Å². The van der Waals surface area contributed by atoms with Crippen molar-refractivity contribution >= 4 is 17.6 Å². The molecule has 3 heterocycles. The molecule has 4 atom stereocenters. The molecular weight excluding hydrogens is 426 g/mol. The third-order valence-corrected chi connectivity index (χ3v) is 6.82. The normalized spacial score (nSPS) is 29.0. The molecule has 0 saturated heterocycles. The highest BCUT2D eigenvalue weighted by atomic mass is 35.5. The van der Waals surface area contributed by atoms with E-state index < -0.39 is 5.54 Å². The fourth-order valence-electron chi connectivity index (χ4n) is 5.12. The Morgan fingerprint density at radius 2 is 2.03 bits per heavy atom. The Labute approximate surface area is 194 Å². The third-order valence-electron chi connectivity index (χ3n) is 6.62. The van der Waals surface area contributed by atoms with Crippen molar-refractivity contribution in [2.24, 2.45) is 22.1 Å². The van der Waals surface area contributed by atoms with Crippen LogP contribution in [0, 0.1) is 11.3 Å². The van der Waals surface area contributed by atoms with E-state index in [2.05, 4.69) is 31.8 Å². The number of rotatable bonds is 3. The van der Waals surface area contributed by atoms with Gasteiger partial charge in [-0.05, 0) is 48.4 Å². The Bertz CT molecular complexity index is 1050. The van der Waals surface area contributed by atoms with E-state index in [0.29, 0.717) is 11.6 Å². The number of aromatic nitrogens is 1. The molecule has 3 aliphatic rings. The number of aliphatic imine (C=N–C) groups is 1. The molecule has 2 unspecified atom stereocenters. The van der Waals surface area contributed by atoms with Crippen LogP contribution in [0.4, 0.5) is 0 Å². The number of fused-ring (bicyclic) bond motifs is 4. The first-order valence-electron chi connectivity index (χ1n) is 11.3. The minimum atomic E-state index is -0.575. The molecule has 1 saturated carbocycles. The van der Waals surface area contributed by atoms with Crippen molar-refractivity contribution in [3.8, 4) is 16.9 Å². The van der Waals surface area contributed by atoms with Crippen molar-refractivity contribution in [1.29, 1.82) is 0 Å². The maximum Gasteiger partial charge on any atom is 0.283 e. The van der Waals surface area contributed by atoms with Gasteiger partial charge in [0.05, 0.1) is 17.7 Å². The van der Waals surface area contributed by atoms with Gasteiger partial charge in [0.25, 0.3) is 6.02 Å². The monoisotopic (exact) mass is 455 g/mol. The summed E-state index contributed by atoms with van der Waals surface area (Å²) in [4.78, 5) is 9.13. The van der Waals surface area contributed by atoms with Gasteiger partial charge in [-0.25, -0.2) is 4.99 Å². The van der Waals surface area contributed by atoms with Gasteiger partial charge in [-0.15, -0.1) is 0 Å². The van der Waals surface area contributed by atoms with Gasteiger partial charge in [-0.1, -0.05) is 38.4 Å².